The Kier molecular flexibility index (Phi) is 5.38. The molecule has 2 N–H and O–H groups in total. The molecule has 0 saturated carbocycles. The minimum atomic E-state index is -0.179. The van der Waals surface area contributed by atoms with E-state index in [0.717, 1.165) is 5.39 Å². The second-order valence-electron chi connectivity index (χ2n) is 4.80. The molecule has 1 atom stereocenters. The highest BCUT2D eigenvalue weighted by Gasteiger charge is 2.16. The highest BCUT2D eigenvalue weighted by molar-refractivity contribution is 7.99. The molecule has 1 aromatic carbocycles. The smallest absolute Gasteiger partial charge is 0.252 e. The van der Waals surface area contributed by atoms with Gasteiger partial charge in [0.05, 0.1) is 16.3 Å². The molecule has 116 valence electrons. The number of carbonyl (C=O) groups is 2. The molecule has 0 radical (unpaired) electrons. The monoisotopic (exact) mass is 317 g/mol. The van der Waals surface area contributed by atoms with Crippen LogP contribution in [0.4, 0.5) is 5.82 Å². The zero-order valence-electron chi connectivity index (χ0n) is 12.8. The van der Waals surface area contributed by atoms with Crippen molar-refractivity contribution in [1.29, 1.82) is 0 Å². The maximum atomic E-state index is 12.2. The highest BCUT2D eigenvalue weighted by Crippen LogP contribution is 2.21. The van der Waals surface area contributed by atoms with Gasteiger partial charge in [0.15, 0.2) is 0 Å². The van der Waals surface area contributed by atoms with Crippen LogP contribution in [0.25, 0.3) is 10.9 Å². The van der Waals surface area contributed by atoms with Gasteiger partial charge in [0, 0.05) is 11.9 Å². The number of fused-ring (bicyclic) bond motifs is 1. The lowest BCUT2D eigenvalue weighted by Gasteiger charge is -2.12. The molecule has 1 heterocycles. The average molecular weight is 317 g/mol. The van der Waals surface area contributed by atoms with E-state index in [1.165, 1.54) is 11.8 Å². The van der Waals surface area contributed by atoms with E-state index in [4.69, 9.17) is 0 Å². The van der Waals surface area contributed by atoms with Crippen LogP contribution in [0, 0.1) is 0 Å². The first-order valence-corrected chi connectivity index (χ1v) is 8.37. The van der Waals surface area contributed by atoms with E-state index in [-0.39, 0.29) is 17.1 Å². The quantitative estimate of drug-likeness (QED) is 0.889. The van der Waals surface area contributed by atoms with E-state index in [1.807, 2.05) is 44.4 Å². The minimum Gasteiger partial charge on any atom is -0.352 e. The van der Waals surface area contributed by atoms with Crippen LogP contribution in [0.2, 0.25) is 0 Å². The van der Waals surface area contributed by atoms with Crippen molar-refractivity contribution in [3.8, 4) is 0 Å². The predicted molar refractivity (Wildman–Crippen MR) is 91.4 cm³/mol. The van der Waals surface area contributed by atoms with E-state index in [1.54, 1.807) is 6.07 Å². The molecule has 2 amide bonds. The molecule has 0 saturated heterocycles. The number of anilines is 1. The summed E-state index contributed by atoms with van der Waals surface area (Å²) in [4.78, 5) is 28.7. The Bertz CT molecular complexity index is 703. The van der Waals surface area contributed by atoms with Crippen LogP contribution in [-0.4, -0.2) is 34.8 Å². The molecule has 2 rings (SSSR count). The number of nitrogens with one attached hydrogen (secondary N) is 2. The third-order valence-electron chi connectivity index (χ3n) is 3.27. The average Bonchev–Trinajstić information content (AvgIpc) is 2.53. The van der Waals surface area contributed by atoms with Crippen LogP contribution < -0.4 is 10.6 Å². The Hall–Kier alpha value is -2.08. The van der Waals surface area contributed by atoms with Gasteiger partial charge in [-0.3, -0.25) is 9.59 Å². The van der Waals surface area contributed by atoms with Crippen LogP contribution in [0.3, 0.4) is 0 Å². The lowest BCUT2D eigenvalue weighted by atomic mass is 10.1. The molecule has 0 bridgehead atoms. The van der Waals surface area contributed by atoms with Gasteiger partial charge in [-0.1, -0.05) is 18.2 Å². The largest absolute Gasteiger partial charge is 0.352 e. The number of carbonyl (C=O) groups excluding carboxylic acids is 2. The molecule has 0 fully saturated rings. The summed E-state index contributed by atoms with van der Waals surface area (Å²) in [6, 6.07) is 9.01. The fourth-order valence-corrected chi connectivity index (χ4v) is 2.29. The first-order chi connectivity index (χ1) is 10.6. The van der Waals surface area contributed by atoms with E-state index in [9.17, 15) is 9.59 Å². The van der Waals surface area contributed by atoms with Gasteiger partial charge in [0.1, 0.15) is 5.82 Å². The number of nitrogens with zero attached hydrogens (tertiary/aromatic N) is 1. The molecule has 0 aliphatic carbocycles. The number of amides is 2. The summed E-state index contributed by atoms with van der Waals surface area (Å²) in [5, 5.41) is 6.14. The third-order valence-corrected chi connectivity index (χ3v) is 4.19. The molecular weight excluding hydrogens is 298 g/mol. The maximum Gasteiger partial charge on any atom is 0.252 e. The molecule has 0 spiro atoms. The summed E-state index contributed by atoms with van der Waals surface area (Å²) in [6.07, 6.45) is 1.87. The maximum absolute atomic E-state index is 12.2. The fourth-order valence-electron chi connectivity index (χ4n) is 2.02. The zero-order chi connectivity index (χ0) is 16.1. The predicted octanol–water partition coefficient (Wildman–Crippen LogP) is 2.67. The van der Waals surface area contributed by atoms with E-state index < -0.39 is 0 Å². The van der Waals surface area contributed by atoms with Crippen molar-refractivity contribution in [1.82, 2.24) is 10.3 Å². The number of pyridine rings is 1. The molecule has 1 aromatic heterocycles. The summed E-state index contributed by atoms with van der Waals surface area (Å²) in [5.74, 6) is 0.0949. The number of thioether (sulfide) groups is 1. The van der Waals surface area contributed by atoms with Gasteiger partial charge >= 0.3 is 0 Å². The van der Waals surface area contributed by atoms with Crippen LogP contribution in [-0.2, 0) is 4.79 Å². The lowest BCUT2D eigenvalue weighted by Crippen LogP contribution is -2.25. The zero-order valence-corrected chi connectivity index (χ0v) is 13.7. The van der Waals surface area contributed by atoms with Gasteiger partial charge in [0.25, 0.3) is 5.91 Å². The lowest BCUT2D eigenvalue weighted by molar-refractivity contribution is -0.115. The van der Waals surface area contributed by atoms with Gasteiger partial charge < -0.3 is 10.6 Å². The normalized spacial score (nSPS) is 12.0. The van der Waals surface area contributed by atoms with Crippen LogP contribution in [0.5, 0.6) is 0 Å². The second kappa shape index (κ2) is 7.26. The Balaban J connectivity index is 2.44. The summed E-state index contributed by atoms with van der Waals surface area (Å²) < 4.78 is 0. The Labute approximate surface area is 133 Å². The molecule has 0 aliphatic rings. The molecule has 0 unspecified atom stereocenters. The number of rotatable bonds is 5. The highest BCUT2D eigenvalue weighted by atomic mass is 32.2. The van der Waals surface area contributed by atoms with Crippen molar-refractivity contribution < 1.29 is 9.59 Å². The molecule has 22 heavy (non-hydrogen) atoms. The van der Waals surface area contributed by atoms with Crippen LogP contribution >= 0.6 is 11.8 Å². The summed E-state index contributed by atoms with van der Waals surface area (Å²) in [5.41, 5.74) is 1.19. The molecule has 0 aliphatic heterocycles. The molecular formula is C16H19N3O2S. The minimum absolute atomic E-state index is 0.128. The summed E-state index contributed by atoms with van der Waals surface area (Å²) >= 11 is 1.46. The van der Waals surface area contributed by atoms with Gasteiger partial charge in [0.2, 0.25) is 5.91 Å². The fraction of sp³-hybridized carbons (Fsp3) is 0.312. The van der Waals surface area contributed by atoms with Crippen molar-refractivity contribution in [3.05, 3.63) is 35.9 Å². The van der Waals surface area contributed by atoms with Crippen molar-refractivity contribution in [2.75, 3.05) is 18.1 Å². The van der Waals surface area contributed by atoms with Crippen LogP contribution in [0.1, 0.15) is 24.2 Å². The van der Waals surface area contributed by atoms with E-state index >= 15 is 0 Å². The van der Waals surface area contributed by atoms with E-state index in [0.29, 0.717) is 23.4 Å². The summed E-state index contributed by atoms with van der Waals surface area (Å²) in [6.45, 7) is 4.23. The first-order valence-electron chi connectivity index (χ1n) is 7.08. The summed E-state index contributed by atoms with van der Waals surface area (Å²) in [7, 11) is 0. The van der Waals surface area contributed by atoms with Gasteiger partial charge in [-0.05, 0) is 32.2 Å². The first kappa shape index (κ1) is 16.3. The molecule has 6 heteroatoms. The Morgan fingerprint density at radius 1 is 1.32 bits per heavy atom. The third kappa shape index (κ3) is 3.57. The molecule has 5 nitrogen and oxygen atoms in total. The van der Waals surface area contributed by atoms with Gasteiger partial charge in [-0.2, -0.15) is 11.8 Å². The van der Waals surface area contributed by atoms with Crippen molar-refractivity contribution in [3.63, 3.8) is 0 Å². The number of benzene rings is 1. The number of aromatic nitrogens is 1. The standard InChI is InChI=1S/C16H19N3O2S/c1-4-17-16(21)12-9-14(19-15(20)10(2)22-3)18-13-8-6-5-7-11(12)13/h5-10H,4H2,1-3H3,(H,17,21)(H,18,19,20)/t10-/m0/s1. The topological polar surface area (TPSA) is 71.1 Å². The van der Waals surface area contributed by atoms with Crippen molar-refractivity contribution in [2.45, 2.75) is 19.1 Å². The number of hydrogen-bond donors (Lipinski definition) is 2. The van der Waals surface area contributed by atoms with Crippen molar-refractivity contribution >= 4 is 40.3 Å². The van der Waals surface area contributed by atoms with E-state index in [2.05, 4.69) is 15.6 Å². The van der Waals surface area contributed by atoms with Gasteiger partial charge in [-0.25, -0.2) is 4.98 Å². The van der Waals surface area contributed by atoms with Crippen molar-refractivity contribution in [2.24, 2.45) is 0 Å². The van der Waals surface area contributed by atoms with Crippen LogP contribution in [0.15, 0.2) is 30.3 Å². The number of para-hydroxylation sites is 1. The SMILES string of the molecule is CCNC(=O)c1cc(NC(=O)[C@H](C)SC)nc2ccccc12. The Morgan fingerprint density at radius 3 is 2.73 bits per heavy atom. The second-order valence-corrected chi connectivity index (χ2v) is 5.98. The number of hydrogen-bond acceptors (Lipinski definition) is 4. The molecule has 2 aromatic rings. The van der Waals surface area contributed by atoms with Gasteiger partial charge in [-0.15, -0.1) is 0 Å². The Morgan fingerprint density at radius 2 is 2.05 bits per heavy atom.